The summed E-state index contributed by atoms with van der Waals surface area (Å²) in [7, 11) is 0. The lowest BCUT2D eigenvalue weighted by Gasteiger charge is -2.13. The molecule has 1 aromatic heterocycles. The van der Waals surface area contributed by atoms with Crippen LogP contribution in [-0.4, -0.2) is 30.3 Å². The first kappa shape index (κ1) is 17.3. The van der Waals surface area contributed by atoms with E-state index in [4.69, 9.17) is 4.74 Å². The number of benzene rings is 1. The number of fused-ring (bicyclic) bond motifs is 1. The third kappa shape index (κ3) is 4.51. The molecular weight excluding hydrogens is 340 g/mol. The summed E-state index contributed by atoms with van der Waals surface area (Å²) < 4.78 is 5.74. The monoisotopic (exact) mass is 362 g/mol. The van der Waals surface area contributed by atoms with Crippen LogP contribution in [0.25, 0.3) is 0 Å². The molecule has 3 rings (SSSR count). The smallest absolute Gasteiger partial charge is 0.223 e. The number of ether oxygens (including phenoxy) is 1. The number of para-hydroxylation sites is 1. The van der Waals surface area contributed by atoms with Crippen LogP contribution in [0, 0.1) is 5.92 Å². The minimum Gasteiger partial charge on any atom is -0.493 e. The SMILES string of the molecule is CSCc1nc(CCNC(=O)[C@@H]2CCOc3ccccc3C2)cs1. The van der Waals surface area contributed by atoms with Crippen molar-refractivity contribution in [3.8, 4) is 5.75 Å². The van der Waals surface area contributed by atoms with Crippen LogP contribution in [0.5, 0.6) is 5.75 Å². The molecule has 0 unspecified atom stereocenters. The molecule has 0 saturated heterocycles. The van der Waals surface area contributed by atoms with Gasteiger partial charge in [-0.3, -0.25) is 4.79 Å². The number of amides is 1. The van der Waals surface area contributed by atoms with Crippen LogP contribution < -0.4 is 10.1 Å². The summed E-state index contributed by atoms with van der Waals surface area (Å²) in [6, 6.07) is 7.99. The zero-order valence-corrected chi connectivity index (χ0v) is 15.4. The number of hydrogen-bond acceptors (Lipinski definition) is 5. The molecule has 6 heteroatoms. The van der Waals surface area contributed by atoms with Crippen molar-refractivity contribution in [2.45, 2.75) is 25.0 Å². The standard InChI is InChI=1S/C18H22N2O2S2/c1-23-12-17-20-15(11-24-17)6-8-19-18(21)14-7-9-22-16-5-3-2-4-13(16)10-14/h2-5,11,14H,6-10,12H2,1H3,(H,19,21)/t14-/m1/s1. The minimum absolute atomic E-state index is 0.0175. The van der Waals surface area contributed by atoms with Gasteiger partial charge in [0.05, 0.1) is 12.3 Å². The van der Waals surface area contributed by atoms with Gasteiger partial charge in [0.15, 0.2) is 0 Å². The van der Waals surface area contributed by atoms with Crippen molar-refractivity contribution >= 4 is 29.0 Å². The van der Waals surface area contributed by atoms with Gasteiger partial charge in [0, 0.05) is 30.0 Å². The Hall–Kier alpha value is -1.53. The maximum atomic E-state index is 12.5. The van der Waals surface area contributed by atoms with Gasteiger partial charge in [-0.1, -0.05) is 18.2 Å². The van der Waals surface area contributed by atoms with Gasteiger partial charge in [-0.15, -0.1) is 11.3 Å². The lowest BCUT2D eigenvalue weighted by atomic mass is 9.96. The molecule has 1 aliphatic heterocycles. The molecule has 128 valence electrons. The number of nitrogens with zero attached hydrogens (tertiary/aromatic N) is 1. The highest BCUT2D eigenvalue weighted by Gasteiger charge is 2.23. The first-order valence-electron chi connectivity index (χ1n) is 8.17. The number of thioether (sulfide) groups is 1. The Morgan fingerprint density at radius 3 is 3.21 bits per heavy atom. The molecule has 2 heterocycles. The van der Waals surface area contributed by atoms with Gasteiger partial charge >= 0.3 is 0 Å². The zero-order chi connectivity index (χ0) is 16.8. The molecule has 0 bridgehead atoms. The first-order valence-corrected chi connectivity index (χ1v) is 10.4. The van der Waals surface area contributed by atoms with Crippen LogP contribution in [-0.2, 0) is 23.4 Å². The lowest BCUT2D eigenvalue weighted by molar-refractivity contribution is -0.125. The van der Waals surface area contributed by atoms with E-state index < -0.39 is 0 Å². The molecule has 1 aliphatic rings. The van der Waals surface area contributed by atoms with E-state index in [1.807, 2.05) is 24.3 Å². The van der Waals surface area contributed by atoms with Crippen LogP contribution in [0.15, 0.2) is 29.6 Å². The third-order valence-corrected chi connectivity index (χ3v) is 5.72. The van der Waals surface area contributed by atoms with E-state index in [0.29, 0.717) is 13.2 Å². The molecule has 0 spiro atoms. The average Bonchev–Trinajstić information content (AvgIpc) is 2.91. The summed E-state index contributed by atoms with van der Waals surface area (Å²) in [4.78, 5) is 17.1. The van der Waals surface area contributed by atoms with Crippen molar-refractivity contribution in [2.24, 2.45) is 5.92 Å². The molecule has 1 atom stereocenters. The Labute approximate surface area is 151 Å². The second-order valence-corrected chi connectivity index (χ2v) is 7.66. The van der Waals surface area contributed by atoms with Gasteiger partial charge in [0.1, 0.15) is 10.8 Å². The van der Waals surface area contributed by atoms with E-state index in [2.05, 4.69) is 21.9 Å². The van der Waals surface area contributed by atoms with E-state index in [1.54, 1.807) is 23.1 Å². The van der Waals surface area contributed by atoms with E-state index in [9.17, 15) is 4.79 Å². The third-order valence-electron chi connectivity index (χ3n) is 4.08. The van der Waals surface area contributed by atoms with E-state index in [1.165, 1.54) is 0 Å². The van der Waals surface area contributed by atoms with Gasteiger partial charge in [0.2, 0.25) is 5.91 Å². The number of carbonyl (C=O) groups is 1. The summed E-state index contributed by atoms with van der Waals surface area (Å²) in [6.07, 6.45) is 4.37. The molecule has 1 amide bonds. The summed E-state index contributed by atoms with van der Waals surface area (Å²) in [5.41, 5.74) is 2.19. The fourth-order valence-electron chi connectivity index (χ4n) is 2.83. The molecule has 1 aromatic carbocycles. The molecule has 0 radical (unpaired) electrons. The van der Waals surface area contributed by atoms with Crippen molar-refractivity contribution in [3.63, 3.8) is 0 Å². The number of hydrogen-bond donors (Lipinski definition) is 1. The number of thiazole rings is 1. The molecule has 24 heavy (non-hydrogen) atoms. The molecule has 2 aromatic rings. The maximum absolute atomic E-state index is 12.5. The van der Waals surface area contributed by atoms with Gasteiger partial charge in [0.25, 0.3) is 0 Å². The van der Waals surface area contributed by atoms with Crippen LogP contribution in [0.4, 0.5) is 0 Å². The Morgan fingerprint density at radius 2 is 2.33 bits per heavy atom. The highest BCUT2D eigenvalue weighted by molar-refractivity contribution is 7.97. The van der Waals surface area contributed by atoms with Crippen LogP contribution in [0.2, 0.25) is 0 Å². The Kier molecular flexibility index (Phi) is 6.15. The maximum Gasteiger partial charge on any atom is 0.223 e. The highest BCUT2D eigenvalue weighted by Crippen LogP contribution is 2.26. The molecule has 1 N–H and O–H groups in total. The summed E-state index contributed by atoms with van der Waals surface area (Å²) in [5.74, 6) is 1.97. The van der Waals surface area contributed by atoms with Gasteiger partial charge in [-0.25, -0.2) is 4.98 Å². The van der Waals surface area contributed by atoms with Crippen molar-refractivity contribution in [1.82, 2.24) is 10.3 Å². The highest BCUT2D eigenvalue weighted by atomic mass is 32.2. The Balaban J connectivity index is 1.49. The summed E-state index contributed by atoms with van der Waals surface area (Å²) >= 11 is 3.47. The van der Waals surface area contributed by atoms with Crippen LogP contribution >= 0.6 is 23.1 Å². The normalized spacial score (nSPS) is 16.8. The summed E-state index contributed by atoms with van der Waals surface area (Å²) in [6.45, 7) is 1.24. The number of aromatic nitrogens is 1. The molecule has 4 nitrogen and oxygen atoms in total. The van der Waals surface area contributed by atoms with Crippen molar-refractivity contribution in [1.29, 1.82) is 0 Å². The second kappa shape index (κ2) is 8.53. The average molecular weight is 363 g/mol. The van der Waals surface area contributed by atoms with Crippen molar-refractivity contribution < 1.29 is 9.53 Å². The molecule has 0 fully saturated rings. The zero-order valence-electron chi connectivity index (χ0n) is 13.8. The van der Waals surface area contributed by atoms with Gasteiger partial charge in [-0.2, -0.15) is 11.8 Å². The number of carbonyl (C=O) groups excluding carboxylic acids is 1. The van der Waals surface area contributed by atoms with Crippen molar-refractivity contribution in [3.05, 3.63) is 45.9 Å². The first-order chi connectivity index (χ1) is 11.8. The minimum atomic E-state index is -0.0175. The Morgan fingerprint density at radius 1 is 1.46 bits per heavy atom. The van der Waals surface area contributed by atoms with E-state index in [0.717, 1.165) is 47.0 Å². The molecular formula is C18H22N2O2S2. The second-order valence-electron chi connectivity index (χ2n) is 5.85. The number of nitrogens with one attached hydrogen (secondary N) is 1. The van der Waals surface area contributed by atoms with Crippen LogP contribution in [0.1, 0.15) is 22.7 Å². The predicted octanol–water partition coefficient (Wildman–Crippen LogP) is 3.31. The van der Waals surface area contributed by atoms with Crippen molar-refractivity contribution in [2.75, 3.05) is 19.4 Å². The fraction of sp³-hybridized carbons (Fsp3) is 0.444. The van der Waals surface area contributed by atoms with Gasteiger partial charge in [-0.05, 0) is 30.7 Å². The quantitative estimate of drug-likeness (QED) is 0.857. The topological polar surface area (TPSA) is 51.2 Å². The Bertz CT molecular complexity index is 687. The lowest BCUT2D eigenvalue weighted by Crippen LogP contribution is -2.33. The largest absolute Gasteiger partial charge is 0.493 e. The predicted molar refractivity (Wildman–Crippen MR) is 99.8 cm³/mol. The molecule has 0 aliphatic carbocycles. The van der Waals surface area contributed by atoms with Gasteiger partial charge < -0.3 is 10.1 Å². The summed E-state index contributed by atoms with van der Waals surface area (Å²) in [5, 5.41) is 6.31. The molecule has 0 saturated carbocycles. The van der Waals surface area contributed by atoms with E-state index in [-0.39, 0.29) is 11.8 Å². The number of rotatable bonds is 6. The van der Waals surface area contributed by atoms with Crippen LogP contribution in [0.3, 0.4) is 0 Å². The van der Waals surface area contributed by atoms with E-state index >= 15 is 0 Å². The fourth-order valence-corrected chi connectivity index (χ4v) is 4.38.